The average Bonchev–Trinajstić information content (AvgIpc) is 2.98. The maximum Gasteiger partial charge on any atom is 0.305 e. The molecule has 156 valence electrons. The molecule has 28 heavy (non-hydrogen) atoms. The minimum Gasteiger partial charge on any atom is -0.469 e. The van der Waals surface area contributed by atoms with Crippen molar-refractivity contribution in [3.8, 4) is 0 Å². The highest BCUT2D eigenvalue weighted by Crippen LogP contribution is 2.66. The van der Waals surface area contributed by atoms with Gasteiger partial charge < -0.3 is 14.2 Å². The van der Waals surface area contributed by atoms with E-state index >= 15 is 0 Å². The molecule has 0 aromatic rings. The number of hydrogen-bond donors (Lipinski definition) is 0. The van der Waals surface area contributed by atoms with Crippen molar-refractivity contribution in [3.05, 3.63) is 11.6 Å². The van der Waals surface area contributed by atoms with E-state index in [0.717, 1.165) is 44.0 Å². The average molecular weight is 389 g/mol. The number of hydrogen-bond acceptors (Lipinski definition) is 4. The molecule has 1 aliphatic heterocycles. The number of ether oxygens (including phenoxy) is 3. The summed E-state index contributed by atoms with van der Waals surface area (Å²) < 4.78 is 17.4. The minimum absolute atomic E-state index is 0.0415. The summed E-state index contributed by atoms with van der Waals surface area (Å²) in [5, 5.41) is 0. The summed E-state index contributed by atoms with van der Waals surface area (Å²) in [7, 11) is 1.52. The van der Waals surface area contributed by atoms with Gasteiger partial charge in [0.05, 0.1) is 33.0 Å². The quantitative estimate of drug-likeness (QED) is 0.521. The summed E-state index contributed by atoms with van der Waals surface area (Å²) in [5.74, 6) is 2.16. The predicted molar refractivity (Wildman–Crippen MR) is 107 cm³/mol. The van der Waals surface area contributed by atoms with Gasteiger partial charge in [-0.1, -0.05) is 18.1 Å². The normalized spacial score (nSPS) is 45.0. The van der Waals surface area contributed by atoms with Crippen LogP contribution in [0.3, 0.4) is 0 Å². The number of esters is 1. The maximum absolute atomic E-state index is 12.0. The fourth-order valence-corrected chi connectivity index (χ4v) is 8.17. The van der Waals surface area contributed by atoms with Crippen molar-refractivity contribution in [3.63, 3.8) is 0 Å². The second-order valence-corrected chi connectivity index (χ2v) is 10.0. The summed E-state index contributed by atoms with van der Waals surface area (Å²) in [4.78, 5) is 12.0. The third-order valence-corrected chi connectivity index (χ3v) is 9.30. The highest BCUT2D eigenvalue weighted by molar-refractivity contribution is 5.69. The lowest BCUT2D eigenvalue weighted by molar-refractivity contribution is -0.142. The molecule has 5 aliphatic rings. The Labute approximate surface area is 169 Å². The smallest absolute Gasteiger partial charge is 0.305 e. The number of allylic oxidation sites excluding steroid dienone is 2. The van der Waals surface area contributed by atoms with Gasteiger partial charge in [-0.15, -0.1) is 0 Å². The lowest BCUT2D eigenvalue weighted by Gasteiger charge is -2.59. The van der Waals surface area contributed by atoms with E-state index in [9.17, 15) is 4.79 Å². The molecule has 0 aromatic carbocycles. The summed E-state index contributed by atoms with van der Waals surface area (Å²) in [6.45, 7) is 2.42. The number of rotatable bonds is 3. The lowest BCUT2D eigenvalue weighted by atomic mass is 9.46. The molecular weight excluding hydrogens is 352 g/mol. The van der Waals surface area contributed by atoms with E-state index in [4.69, 9.17) is 14.2 Å². The molecule has 4 fully saturated rings. The minimum atomic E-state index is -0.0415. The van der Waals surface area contributed by atoms with Crippen molar-refractivity contribution in [1.82, 2.24) is 0 Å². The van der Waals surface area contributed by atoms with Crippen molar-refractivity contribution >= 4 is 5.97 Å². The largest absolute Gasteiger partial charge is 0.469 e. The molecule has 0 bridgehead atoms. The van der Waals surface area contributed by atoms with E-state index in [1.807, 2.05) is 0 Å². The topological polar surface area (TPSA) is 44.8 Å². The van der Waals surface area contributed by atoms with Gasteiger partial charge in [-0.3, -0.25) is 4.79 Å². The number of methoxy groups -OCH3 is 1. The van der Waals surface area contributed by atoms with Crippen LogP contribution in [0.2, 0.25) is 0 Å². The molecule has 0 amide bonds. The second-order valence-electron chi connectivity index (χ2n) is 10.0. The van der Waals surface area contributed by atoms with Crippen molar-refractivity contribution < 1.29 is 19.0 Å². The monoisotopic (exact) mass is 388 g/mol. The van der Waals surface area contributed by atoms with E-state index in [1.54, 1.807) is 5.57 Å². The van der Waals surface area contributed by atoms with Gasteiger partial charge in [-0.05, 0) is 81.0 Å². The first-order valence-electron chi connectivity index (χ1n) is 11.7. The van der Waals surface area contributed by atoms with Gasteiger partial charge in [0.1, 0.15) is 0 Å². The van der Waals surface area contributed by atoms with E-state index in [1.165, 1.54) is 64.9 Å². The maximum atomic E-state index is 12.0. The third kappa shape index (κ3) is 2.81. The zero-order chi connectivity index (χ0) is 19.2. The Hall–Kier alpha value is -0.870. The van der Waals surface area contributed by atoms with Crippen molar-refractivity contribution in [1.29, 1.82) is 0 Å². The first-order chi connectivity index (χ1) is 13.7. The van der Waals surface area contributed by atoms with Crippen molar-refractivity contribution in [2.24, 2.45) is 28.6 Å². The van der Waals surface area contributed by atoms with Crippen LogP contribution in [-0.2, 0) is 19.0 Å². The van der Waals surface area contributed by atoms with Crippen LogP contribution < -0.4 is 0 Å². The van der Waals surface area contributed by atoms with Crippen LogP contribution in [0.25, 0.3) is 0 Å². The van der Waals surface area contributed by atoms with Crippen molar-refractivity contribution in [2.45, 2.75) is 76.7 Å². The third-order valence-electron chi connectivity index (χ3n) is 9.30. The van der Waals surface area contributed by atoms with E-state index in [2.05, 4.69) is 6.08 Å². The number of fused-ring (bicyclic) bond motifs is 4. The van der Waals surface area contributed by atoms with Gasteiger partial charge in [-0.2, -0.15) is 0 Å². The Morgan fingerprint density at radius 2 is 2.11 bits per heavy atom. The van der Waals surface area contributed by atoms with Crippen LogP contribution in [0.15, 0.2) is 11.6 Å². The molecule has 1 saturated heterocycles. The molecule has 4 aliphatic carbocycles. The second kappa shape index (κ2) is 7.43. The fraction of sp³-hybridized carbons (Fsp3) is 0.875. The van der Waals surface area contributed by atoms with Crippen LogP contribution >= 0.6 is 0 Å². The highest BCUT2D eigenvalue weighted by atomic mass is 16.5. The first kappa shape index (κ1) is 19.1. The molecule has 1 heterocycles. The lowest BCUT2D eigenvalue weighted by Crippen LogP contribution is -2.53. The summed E-state index contributed by atoms with van der Waals surface area (Å²) in [6, 6.07) is 0. The van der Waals surface area contributed by atoms with Crippen molar-refractivity contribution in [2.75, 3.05) is 26.9 Å². The molecule has 1 unspecified atom stereocenters. The Morgan fingerprint density at radius 1 is 1.18 bits per heavy atom. The molecule has 0 aromatic heterocycles. The van der Waals surface area contributed by atoms with Gasteiger partial charge in [0, 0.05) is 11.8 Å². The van der Waals surface area contributed by atoms with Crippen LogP contribution in [0, 0.1) is 28.6 Å². The molecular formula is C24H36O4. The molecule has 4 nitrogen and oxygen atoms in total. The fourth-order valence-electron chi connectivity index (χ4n) is 8.17. The summed E-state index contributed by atoms with van der Waals surface area (Å²) >= 11 is 0. The highest BCUT2D eigenvalue weighted by Gasteiger charge is 2.61. The van der Waals surface area contributed by atoms with Crippen LogP contribution in [0.1, 0.15) is 70.6 Å². The molecule has 0 radical (unpaired) electrons. The predicted octanol–water partition coefficient (Wildman–Crippen LogP) is 4.67. The van der Waals surface area contributed by atoms with Gasteiger partial charge in [0.25, 0.3) is 0 Å². The number of carbonyl (C=O) groups is 1. The Balaban J connectivity index is 1.46. The van der Waals surface area contributed by atoms with E-state index in [0.29, 0.717) is 12.5 Å². The summed E-state index contributed by atoms with van der Waals surface area (Å²) in [6.07, 6.45) is 16.0. The Bertz CT molecular complexity index is 643. The molecule has 5 rings (SSSR count). The Kier molecular flexibility index (Phi) is 5.07. The van der Waals surface area contributed by atoms with Gasteiger partial charge in [0.2, 0.25) is 0 Å². The first-order valence-corrected chi connectivity index (χ1v) is 11.7. The molecule has 0 N–H and O–H groups in total. The van der Waals surface area contributed by atoms with Crippen LogP contribution in [-0.4, -0.2) is 39.0 Å². The van der Waals surface area contributed by atoms with E-state index < -0.39 is 0 Å². The standard InChI is InChI=1S/C24H36O4/c1-26-22(25)10-13-23-11-3-2-4-17(23)5-6-18-19-7-8-21-24(19,12-9-20(18)23)16-27-14-15-28-21/h5,18-21H,2-4,6-16H2,1H3/t18-,19-,20-,21?,23+,24+/m0/s1. The molecule has 1 spiro atoms. The SMILES string of the molecule is COC(=O)CC[C@]12CCCCC1=CC[C@@H]1[C@@H]2CC[C@]23COCCOC2CC[C@@H]13. The summed E-state index contributed by atoms with van der Waals surface area (Å²) in [5.41, 5.74) is 2.19. The van der Waals surface area contributed by atoms with Crippen LogP contribution in [0.5, 0.6) is 0 Å². The van der Waals surface area contributed by atoms with E-state index in [-0.39, 0.29) is 16.8 Å². The molecule has 3 saturated carbocycles. The van der Waals surface area contributed by atoms with Crippen LogP contribution in [0.4, 0.5) is 0 Å². The van der Waals surface area contributed by atoms with Gasteiger partial charge in [0.15, 0.2) is 0 Å². The van der Waals surface area contributed by atoms with Gasteiger partial charge >= 0.3 is 5.97 Å². The zero-order valence-corrected chi connectivity index (χ0v) is 17.4. The number of carbonyl (C=O) groups excluding carboxylic acids is 1. The Morgan fingerprint density at radius 3 is 3.00 bits per heavy atom. The van der Waals surface area contributed by atoms with Gasteiger partial charge in [-0.25, -0.2) is 0 Å². The zero-order valence-electron chi connectivity index (χ0n) is 17.4. The molecule has 4 heteroatoms. The molecule has 6 atom stereocenters.